The van der Waals surface area contributed by atoms with Gasteiger partial charge in [-0.3, -0.25) is 0 Å². The third kappa shape index (κ3) is 1.66. The maximum atomic E-state index is 13.6. The van der Waals surface area contributed by atoms with Gasteiger partial charge < -0.3 is 25.4 Å². The first kappa shape index (κ1) is 11.0. The normalized spacial score (nSPS) is 15.9. The average Bonchev–Trinajstić information content (AvgIpc) is 2.33. The lowest BCUT2D eigenvalue weighted by Gasteiger charge is -2.21. The Kier molecular flexibility index (Phi) is 2.84. The van der Waals surface area contributed by atoms with Crippen molar-refractivity contribution >= 4 is 0 Å². The van der Waals surface area contributed by atoms with Crippen LogP contribution in [0.1, 0.15) is 11.7 Å². The van der Waals surface area contributed by atoms with Crippen molar-refractivity contribution in [2.45, 2.75) is 6.10 Å². The van der Waals surface area contributed by atoms with Crippen LogP contribution in [0, 0.1) is 5.82 Å². The minimum Gasteiger partial charge on any atom is -0.504 e. The van der Waals surface area contributed by atoms with Crippen molar-refractivity contribution in [2.75, 3.05) is 19.8 Å². The Hall–Kier alpha value is -1.53. The van der Waals surface area contributed by atoms with Crippen LogP contribution in [0.3, 0.4) is 0 Å². The van der Waals surface area contributed by atoms with Gasteiger partial charge in [-0.05, 0) is 6.07 Å². The number of fused-ring (bicyclic) bond motifs is 1. The molecule has 0 fully saturated rings. The maximum Gasteiger partial charge on any atom is 0.210 e. The van der Waals surface area contributed by atoms with Crippen molar-refractivity contribution in [2.24, 2.45) is 5.73 Å². The zero-order valence-corrected chi connectivity index (χ0v) is 8.44. The SMILES string of the molecule is NCC(O)c1cc2c(c(F)c1O)OCCO2. The van der Waals surface area contributed by atoms with E-state index in [0.29, 0.717) is 6.61 Å². The number of phenolic OH excluding ortho intramolecular Hbond substituents is 1. The number of nitrogens with two attached hydrogens (primary N) is 1. The molecule has 4 N–H and O–H groups in total. The Balaban J connectivity index is 2.52. The van der Waals surface area contributed by atoms with Crippen molar-refractivity contribution in [1.82, 2.24) is 0 Å². The van der Waals surface area contributed by atoms with E-state index in [1.54, 1.807) is 0 Å². The maximum absolute atomic E-state index is 13.6. The van der Waals surface area contributed by atoms with E-state index in [9.17, 15) is 14.6 Å². The first-order chi connectivity index (χ1) is 7.65. The van der Waals surface area contributed by atoms with Gasteiger partial charge in [0, 0.05) is 12.1 Å². The molecule has 0 saturated carbocycles. The second-order valence-corrected chi connectivity index (χ2v) is 3.40. The van der Waals surface area contributed by atoms with Crippen molar-refractivity contribution in [3.8, 4) is 17.2 Å². The van der Waals surface area contributed by atoms with Gasteiger partial charge in [0.05, 0.1) is 6.10 Å². The Labute approximate surface area is 91.2 Å². The van der Waals surface area contributed by atoms with Gasteiger partial charge in [0.2, 0.25) is 11.6 Å². The summed E-state index contributed by atoms with van der Waals surface area (Å²) in [6.07, 6.45) is -1.13. The lowest BCUT2D eigenvalue weighted by Crippen LogP contribution is -2.18. The van der Waals surface area contributed by atoms with E-state index >= 15 is 0 Å². The molecule has 0 spiro atoms. The highest BCUT2D eigenvalue weighted by Gasteiger charge is 2.25. The van der Waals surface area contributed by atoms with Crippen molar-refractivity contribution in [3.05, 3.63) is 17.4 Å². The van der Waals surface area contributed by atoms with E-state index in [4.69, 9.17) is 15.2 Å². The lowest BCUT2D eigenvalue weighted by molar-refractivity contribution is 0.155. The summed E-state index contributed by atoms with van der Waals surface area (Å²) in [7, 11) is 0. The lowest BCUT2D eigenvalue weighted by atomic mass is 10.1. The number of aliphatic hydroxyl groups is 1. The summed E-state index contributed by atoms with van der Waals surface area (Å²) >= 11 is 0. The van der Waals surface area contributed by atoms with E-state index in [2.05, 4.69) is 0 Å². The summed E-state index contributed by atoms with van der Waals surface area (Å²) in [6.45, 7) is 0.407. The summed E-state index contributed by atoms with van der Waals surface area (Å²) in [6, 6.07) is 1.34. The molecule has 2 rings (SSSR count). The van der Waals surface area contributed by atoms with E-state index in [1.165, 1.54) is 6.07 Å². The third-order valence-electron chi connectivity index (χ3n) is 2.36. The number of ether oxygens (including phenoxy) is 2. The Bertz CT molecular complexity index is 410. The van der Waals surface area contributed by atoms with Gasteiger partial charge in [-0.2, -0.15) is 4.39 Å². The van der Waals surface area contributed by atoms with Crippen LogP contribution in [-0.4, -0.2) is 30.0 Å². The number of hydrogen-bond donors (Lipinski definition) is 3. The van der Waals surface area contributed by atoms with E-state index in [0.717, 1.165) is 0 Å². The van der Waals surface area contributed by atoms with Crippen LogP contribution in [0.5, 0.6) is 17.2 Å². The molecular formula is C10H12FNO4. The molecule has 16 heavy (non-hydrogen) atoms. The zero-order chi connectivity index (χ0) is 11.7. The number of hydrogen-bond acceptors (Lipinski definition) is 5. The molecule has 1 atom stereocenters. The van der Waals surface area contributed by atoms with Crippen LogP contribution in [0.15, 0.2) is 6.07 Å². The predicted molar refractivity (Wildman–Crippen MR) is 53.1 cm³/mol. The molecule has 0 amide bonds. The third-order valence-corrected chi connectivity index (χ3v) is 2.36. The zero-order valence-electron chi connectivity index (χ0n) is 8.44. The van der Waals surface area contributed by atoms with Crippen LogP contribution in [0.4, 0.5) is 4.39 Å². The molecule has 1 aromatic rings. The standard InChI is InChI=1S/C10H12FNO4/c11-8-9(14)5(6(13)4-12)3-7-10(8)16-2-1-15-7/h3,6,13-14H,1-2,4,12H2. The van der Waals surface area contributed by atoms with Gasteiger partial charge in [0.15, 0.2) is 11.5 Å². The molecule has 1 unspecified atom stereocenters. The molecule has 5 nitrogen and oxygen atoms in total. The molecule has 1 aliphatic heterocycles. The summed E-state index contributed by atoms with van der Waals surface area (Å²) in [5, 5.41) is 19.0. The van der Waals surface area contributed by atoms with Gasteiger partial charge in [-0.1, -0.05) is 0 Å². The Morgan fingerprint density at radius 3 is 2.81 bits per heavy atom. The van der Waals surface area contributed by atoms with E-state index in [1.807, 2.05) is 0 Å². The average molecular weight is 229 g/mol. The van der Waals surface area contributed by atoms with Gasteiger partial charge in [0.1, 0.15) is 13.2 Å². The number of phenols is 1. The quantitative estimate of drug-likeness (QED) is 0.679. The summed E-state index contributed by atoms with van der Waals surface area (Å²) in [4.78, 5) is 0. The van der Waals surface area contributed by atoms with Gasteiger partial charge in [0.25, 0.3) is 0 Å². The summed E-state index contributed by atoms with van der Waals surface area (Å²) < 4.78 is 23.8. The molecule has 1 heterocycles. The Morgan fingerprint density at radius 1 is 1.44 bits per heavy atom. The number of rotatable bonds is 2. The molecule has 6 heteroatoms. The largest absolute Gasteiger partial charge is 0.504 e. The molecule has 1 aliphatic rings. The Morgan fingerprint density at radius 2 is 2.12 bits per heavy atom. The van der Waals surface area contributed by atoms with Crippen LogP contribution >= 0.6 is 0 Å². The molecule has 1 aromatic carbocycles. The van der Waals surface area contributed by atoms with Crippen LogP contribution in [0.25, 0.3) is 0 Å². The monoisotopic (exact) mass is 229 g/mol. The molecule has 0 saturated heterocycles. The topological polar surface area (TPSA) is 84.9 Å². The molecule has 88 valence electrons. The fourth-order valence-corrected chi connectivity index (χ4v) is 1.54. The van der Waals surface area contributed by atoms with Gasteiger partial charge >= 0.3 is 0 Å². The number of aromatic hydroxyl groups is 1. The van der Waals surface area contributed by atoms with Crippen molar-refractivity contribution in [1.29, 1.82) is 0 Å². The highest BCUT2D eigenvalue weighted by molar-refractivity contribution is 5.53. The van der Waals surface area contributed by atoms with Gasteiger partial charge in [-0.15, -0.1) is 0 Å². The van der Waals surface area contributed by atoms with Crippen molar-refractivity contribution < 1.29 is 24.1 Å². The molecular weight excluding hydrogens is 217 g/mol. The van der Waals surface area contributed by atoms with Crippen LogP contribution in [0.2, 0.25) is 0 Å². The first-order valence-corrected chi connectivity index (χ1v) is 4.84. The number of benzene rings is 1. The van der Waals surface area contributed by atoms with E-state index in [-0.39, 0.29) is 30.2 Å². The minimum absolute atomic E-state index is 0.00394. The van der Waals surface area contributed by atoms with E-state index < -0.39 is 17.7 Å². The van der Waals surface area contributed by atoms with Crippen LogP contribution in [-0.2, 0) is 0 Å². The number of halogens is 1. The highest BCUT2D eigenvalue weighted by Crippen LogP contribution is 2.41. The predicted octanol–water partition coefficient (Wildman–Crippen LogP) is 0.295. The molecule has 0 aromatic heterocycles. The molecule has 0 bridgehead atoms. The minimum atomic E-state index is -1.13. The number of aliphatic hydroxyl groups excluding tert-OH is 1. The second kappa shape index (κ2) is 4.15. The van der Waals surface area contributed by atoms with Gasteiger partial charge in [-0.25, -0.2) is 0 Å². The fraction of sp³-hybridized carbons (Fsp3) is 0.400. The summed E-state index contributed by atoms with van der Waals surface area (Å²) in [5.41, 5.74) is 5.25. The second-order valence-electron chi connectivity index (χ2n) is 3.40. The molecule has 0 aliphatic carbocycles. The molecule has 0 radical (unpaired) electrons. The van der Waals surface area contributed by atoms with Crippen molar-refractivity contribution in [3.63, 3.8) is 0 Å². The summed E-state index contributed by atoms with van der Waals surface area (Å²) in [5.74, 6) is -1.54. The highest BCUT2D eigenvalue weighted by atomic mass is 19.1. The van der Waals surface area contributed by atoms with Crippen LogP contribution < -0.4 is 15.2 Å². The fourth-order valence-electron chi connectivity index (χ4n) is 1.54. The smallest absolute Gasteiger partial charge is 0.210 e. The first-order valence-electron chi connectivity index (χ1n) is 4.84.